The molecule has 0 aliphatic carbocycles. The molecule has 11 heteroatoms. The van der Waals surface area contributed by atoms with Gasteiger partial charge < -0.3 is 17.1 Å². The first-order valence-electron chi connectivity index (χ1n) is 6.68. The van der Waals surface area contributed by atoms with Gasteiger partial charge in [0.05, 0.1) is 0 Å². The molecule has 0 bridgehead atoms. The standard InChI is InChI=1S/C13H16BF4O3SSi.K/c1-10-12(5-6-23(2,3)4)7-11(9-14(15,16)17)8-13(10)21-22(18,19)20;/h7-8H,9H2,1-4H3;/q-1;+1. The normalized spacial score (nSPS) is 12.0. The number of hydrogen-bond acceptors (Lipinski definition) is 3. The average Bonchev–Trinajstić information content (AvgIpc) is 2.26. The Balaban J connectivity index is 0.00000529. The predicted molar refractivity (Wildman–Crippen MR) is 84.8 cm³/mol. The Labute approximate surface area is 183 Å². The van der Waals surface area contributed by atoms with Crippen LogP contribution in [0.25, 0.3) is 0 Å². The number of rotatable bonds is 4. The van der Waals surface area contributed by atoms with Gasteiger partial charge in [-0.2, -0.15) is 8.42 Å². The summed E-state index contributed by atoms with van der Waals surface area (Å²) in [7, 11) is -7.14. The van der Waals surface area contributed by atoms with E-state index >= 15 is 0 Å². The summed E-state index contributed by atoms with van der Waals surface area (Å²) in [6.07, 6.45) is -1.23. The van der Waals surface area contributed by atoms with Gasteiger partial charge in [-0.15, -0.1) is 5.54 Å². The summed E-state index contributed by atoms with van der Waals surface area (Å²) < 4.78 is 76.0. The fraction of sp³-hybridized carbons (Fsp3) is 0.385. The topological polar surface area (TPSA) is 43.4 Å². The van der Waals surface area contributed by atoms with E-state index in [9.17, 15) is 25.3 Å². The molecule has 1 rings (SSSR count). The van der Waals surface area contributed by atoms with Crippen molar-refractivity contribution in [3.63, 3.8) is 0 Å². The molecular formula is C13H16BF4KO3SSi. The molecule has 0 atom stereocenters. The van der Waals surface area contributed by atoms with Crippen LogP contribution in [0.2, 0.25) is 19.6 Å². The van der Waals surface area contributed by atoms with E-state index in [-0.39, 0.29) is 68.1 Å². The molecule has 1 aromatic rings. The van der Waals surface area contributed by atoms with E-state index in [1.165, 1.54) is 13.0 Å². The first-order valence-corrected chi connectivity index (χ1v) is 11.5. The van der Waals surface area contributed by atoms with Gasteiger partial charge in [0, 0.05) is 11.1 Å². The quantitative estimate of drug-likeness (QED) is 0.321. The van der Waals surface area contributed by atoms with Crippen LogP contribution in [-0.2, 0) is 16.8 Å². The largest absolute Gasteiger partial charge is 1.00 e. The predicted octanol–water partition coefficient (Wildman–Crippen LogP) is 0.750. The van der Waals surface area contributed by atoms with E-state index in [0.717, 1.165) is 6.07 Å². The van der Waals surface area contributed by atoms with Gasteiger partial charge in [-0.05, 0) is 19.1 Å². The molecule has 0 aliphatic heterocycles. The fourth-order valence-corrected chi connectivity index (χ4v) is 2.61. The monoisotopic (exact) mass is 406 g/mol. The molecular weight excluding hydrogens is 390 g/mol. The van der Waals surface area contributed by atoms with Gasteiger partial charge in [0.15, 0.2) is 0 Å². The van der Waals surface area contributed by atoms with Crippen molar-refractivity contribution in [2.75, 3.05) is 0 Å². The second kappa shape index (κ2) is 8.70. The molecule has 0 fully saturated rings. The van der Waals surface area contributed by atoms with Crippen LogP contribution in [0.15, 0.2) is 12.1 Å². The molecule has 0 heterocycles. The van der Waals surface area contributed by atoms with Crippen LogP contribution in [-0.4, -0.2) is 23.5 Å². The van der Waals surface area contributed by atoms with Crippen LogP contribution in [0.1, 0.15) is 16.7 Å². The average molecular weight is 406 g/mol. The second-order valence-electron chi connectivity index (χ2n) is 6.16. The van der Waals surface area contributed by atoms with E-state index in [1.807, 2.05) is 19.6 Å². The second-order valence-corrected chi connectivity index (χ2v) is 11.9. The van der Waals surface area contributed by atoms with E-state index < -0.39 is 37.6 Å². The summed E-state index contributed by atoms with van der Waals surface area (Å²) in [5.41, 5.74) is 3.13. The van der Waals surface area contributed by atoms with Crippen LogP contribution in [0.5, 0.6) is 5.75 Å². The molecule has 0 amide bonds. The Bertz CT molecular complexity index is 764. The van der Waals surface area contributed by atoms with Crippen LogP contribution in [0.4, 0.5) is 16.8 Å². The third kappa shape index (κ3) is 9.60. The Kier molecular flexibility index (Phi) is 8.76. The first kappa shape index (κ1) is 24.2. The summed E-state index contributed by atoms with van der Waals surface area (Å²) in [6, 6.07) is 2.11. The van der Waals surface area contributed by atoms with Crippen molar-refractivity contribution in [2.45, 2.75) is 32.9 Å². The van der Waals surface area contributed by atoms with Gasteiger partial charge in [-0.3, -0.25) is 0 Å². The summed E-state index contributed by atoms with van der Waals surface area (Å²) in [6.45, 7) is 2.12. The summed E-state index contributed by atoms with van der Waals surface area (Å²) >= 11 is 0. The zero-order valence-corrected chi connectivity index (χ0v) is 19.0. The van der Waals surface area contributed by atoms with Gasteiger partial charge >= 0.3 is 68.9 Å². The third-order valence-corrected chi connectivity index (χ3v) is 3.90. The maximum Gasteiger partial charge on any atom is 1.00 e. The van der Waals surface area contributed by atoms with Crippen molar-refractivity contribution in [1.29, 1.82) is 0 Å². The van der Waals surface area contributed by atoms with Gasteiger partial charge in [-0.1, -0.05) is 41.3 Å². The molecule has 0 spiro atoms. The Hall–Kier alpha value is 0.168. The van der Waals surface area contributed by atoms with Gasteiger partial charge in [0.2, 0.25) is 0 Å². The molecule has 0 radical (unpaired) electrons. The maximum atomic E-state index is 12.7. The van der Waals surface area contributed by atoms with Crippen molar-refractivity contribution in [3.05, 3.63) is 28.8 Å². The van der Waals surface area contributed by atoms with Crippen molar-refractivity contribution in [1.82, 2.24) is 0 Å². The maximum absolute atomic E-state index is 12.7. The molecule has 0 aliphatic rings. The molecule has 0 aromatic heterocycles. The summed E-state index contributed by atoms with van der Waals surface area (Å²) in [5, 5.41) is 0. The number of hydrogen-bond donors (Lipinski definition) is 0. The molecule has 3 nitrogen and oxygen atoms in total. The molecule has 128 valence electrons. The fourth-order valence-electron chi connectivity index (χ4n) is 1.71. The zero-order valence-electron chi connectivity index (χ0n) is 14.1. The first-order chi connectivity index (χ1) is 10.2. The summed E-state index contributed by atoms with van der Waals surface area (Å²) in [4.78, 5) is 0. The summed E-state index contributed by atoms with van der Waals surface area (Å²) in [5.74, 6) is 2.28. The molecule has 0 saturated carbocycles. The van der Waals surface area contributed by atoms with E-state index in [2.05, 4.69) is 15.6 Å². The van der Waals surface area contributed by atoms with E-state index in [4.69, 9.17) is 0 Å². The minimum atomic E-state index is -5.34. The van der Waals surface area contributed by atoms with E-state index in [0.29, 0.717) is 0 Å². The van der Waals surface area contributed by atoms with Gasteiger partial charge in [0.1, 0.15) is 13.8 Å². The molecule has 1 aromatic carbocycles. The van der Waals surface area contributed by atoms with Crippen molar-refractivity contribution < 1.29 is 80.8 Å². The molecule has 24 heavy (non-hydrogen) atoms. The van der Waals surface area contributed by atoms with Crippen molar-refractivity contribution in [3.8, 4) is 17.2 Å². The zero-order chi connectivity index (χ0) is 18.1. The molecule has 0 N–H and O–H groups in total. The third-order valence-electron chi connectivity index (χ3n) is 2.65. The van der Waals surface area contributed by atoms with Crippen LogP contribution in [0, 0.1) is 18.4 Å². The van der Waals surface area contributed by atoms with Crippen LogP contribution in [0.3, 0.4) is 0 Å². The minimum absolute atomic E-state index is 0. The van der Waals surface area contributed by atoms with Crippen LogP contribution < -0.4 is 55.6 Å². The Morgan fingerprint density at radius 1 is 1.21 bits per heavy atom. The van der Waals surface area contributed by atoms with E-state index in [1.54, 1.807) is 0 Å². The van der Waals surface area contributed by atoms with Crippen molar-refractivity contribution >= 4 is 25.6 Å². The minimum Gasteiger partial charge on any atom is -0.449 e. The Morgan fingerprint density at radius 3 is 2.17 bits per heavy atom. The Morgan fingerprint density at radius 2 is 1.75 bits per heavy atom. The molecule has 0 unspecified atom stereocenters. The smallest absolute Gasteiger partial charge is 0.449 e. The van der Waals surface area contributed by atoms with Gasteiger partial charge in [0.25, 0.3) is 0 Å². The SMILES string of the molecule is Cc1c(C#C[Si](C)(C)C)cc(C[B-](F)(F)F)cc1OS(=O)(=O)F.[K+]. The number of halogens is 4. The number of benzene rings is 1. The van der Waals surface area contributed by atoms with Gasteiger partial charge in [-0.25, -0.2) is 0 Å². The van der Waals surface area contributed by atoms with Crippen LogP contribution >= 0.6 is 0 Å². The molecule has 0 saturated heterocycles. The van der Waals surface area contributed by atoms with Crippen molar-refractivity contribution in [2.24, 2.45) is 0 Å².